The van der Waals surface area contributed by atoms with Crippen LogP contribution in [0.25, 0.3) is 0 Å². The lowest BCUT2D eigenvalue weighted by atomic mass is 10.1. The van der Waals surface area contributed by atoms with E-state index >= 15 is 0 Å². The molecule has 0 amide bonds. The minimum Gasteiger partial charge on any atom is -0.194 e. The second-order valence-electron chi connectivity index (χ2n) is 2.16. The van der Waals surface area contributed by atoms with Gasteiger partial charge in [0.2, 0.25) is 0 Å². The summed E-state index contributed by atoms with van der Waals surface area (Å²) in [5, 5.41) is 7.81. The predicted octanol–water partition coefficient (Wildman–Crippen LogP) is 1.48. The van der Waals surface area contributed by atoms with Crippen molar-refractivity contribution in [1.82, 2.24) is 0 Å². The Morgan fingerprint density at radius 3 is 2.29 bits per heavy atom. The van der Waals surface area contributed by atoms with Crippen LogP contribution in [0.4, 0.5) is 0 Å². The maximum atomic E-state index is 3.94. The summed E-state index contributed by atoms with van der Waals surface area (Å²) in [5.41, 5.74) is 0. The highest BCUT2D eigenvalue weighted by Crippen LogP contribution is 2.13. The van der Waals surface area contributed by atoms with Gasteiger partial charge in [0.25, 0.3) is 0 Å². The van der Waals surface area contributed by atoms with Crippen molar-refractivity contribution < 1.29 is 0 Å². The Bertz CT molecular complexity index is 88.1. The van der Waals surface area contributed by atoms with Crippen LogP contribution in [0, 0.1) is 5.92 Å². The molecule has 1 heterocycles. The molecule has 40 valence electrons. The zero-order chi connectivity index (χ0) is 5.28. The lowest BCUT2D eigenvalue weighted by Crippen LogP contribution is -2.06. The molecule has 2 unspecified atom stereocenters. The zero-order valence-electron chi connectivity index (χ0n) is 4.76. The molecule has 1 rings (SSSR count). The third kappa shape index (κ3) is 0.787. The van der Waals surface area contributed by atoms with E-state index in [-0.39, 0.29) is 0 Å². The van der Waals surface area contributed by atoms with E-state index in [4.69, 9.17) is 0 Å². The van der Waals surface area contributed by atoms with Crippen LogP contribution >= 0.6 is 0 Å². The maximum absolute atomic E-state index is 3.94. The van der Waals surface area contributed by atoms with Crippen molar-refractivity contribution >= 4 is 0 Å². The largest absolute Gasteiger partial charge is 0.194 e. The Hall–Kier alpha value is -0.400. The minimum atomic E-state index is 0.472. The van der Waals surface area contributed by atoms with Crippen LogP contribution in [-0.4, -0.2) is 12.6 Å². The van der Waals surface area contributed by atoms with Gasteiger partial charge in [-0.3, -0.25) is 0 Å². The highest BCUT2D eigenvalue weighted by Gasteiger charge is 2.14. The molecular weight excluding hydrogens is 88.1 g/mol. The Balaban J connectivity index is 2.45. The first-order valence-electron chi connectivity index (χ1n) is 2.67. The molecule has 0 aliphatic carbocycles. The molecule has 0 N–H and O–H groups in total. The molecule has 0 saturated carbocycles. The summed E-state index contributed by atoms with van der Waals surface area (Å²) in [6, 6.07) is 0.472. The van der Waals surface area contributed by atoms with E-state index in [1.54, 1.807) is 0 Å². The molecule has 0 bridgehead atoms. The second-order valence-corrected chi connectivity index (χ2v) is 2.16. The molecule has 1 aliphatic heterocycles. The summed E-state index contributed by atoms with van der Waals surface area (Å²) < 4.78 is 0. The van der Waals surface area contributed by atoms with Gasteiger partial charge in [0.1, 0.15) is 0 Å². The maximum Gasteiger partial charge on any atom is 0.0723 e. The zero-order valence-corrected chi connectivity index (χ0v) is 4.76. The standard InChI is InChI=1S/C5H10N2/c1-4-3-6-7-5(4)2/h4-5H,3H2,1-2H3. The van der Waals surface area contributed by atoms with E-state index < -0.39 is 0 Å². The van der Waals surface area contributed by atoms with Crippen LogP contribution in [0.15, 0.2) is 10.2 Å². The summed E-state index contributed by atoms with van der Waals surface area (Å²) >= 11 is 0. The van der Waals surface area contributed by atoms with Gasteiger partial charge in [0.05, 0.1) is 12.6 Å². The SMILES string of the molecule is CC1CN=NC1C. The highest BCUT2D eigenvalue weighted by atomic mass is 15.2. The molecule has 0 fully saturated rings. The van der Waals surface area contributed by atoms with Crippen molar-refractivity contribution in [3.05, 3.63) is 0 Å². The fourth-order valence-corrected chi connectivity index (χ4v) is 0.571. The van der Waals surface area contributed by atoms with Crippen molar-refractivity contribution in [3.8, 4) is 0 Å². The highest BCUT2D eigenvalue weighted by molar-refractivity contribution is 4.72. The average molecular weight is 98.1 g/mol. The monoisotopic (exact) mass is 98.1 g/mol. The molecule has 1 aliphatic rings. The van der Waals surface area contributed by atoms with Gasteiger partial charge in [0.15, 0.2) is 0 Å². The van der Waals surface area contributed by atoms with Crippen molar-refractivity contribution in [1.29, 1.82) is 0 Å². The van der Waals surface area contributed by atoms with Crippen molar-refractivity contribution in [2.75, 3.05) is 6.54 Å². The number of hydrogen-bond acceptors (Lipinski definition) is 2. The normalized spacial score (nSPS) is 39.7. The minimum absolute atomic E-state index is 0.472. The van der Waals surface area contributed by atoms with Gasteiger partial charge in [-0.05, 0) is 6.92 Å². The topological polar surface area (TPSA) is 24.7 Å². The molecule has 2 heteroatoms. The molecule has 0 radical (unpaired) electrons. The van der Waals surface area contributed by atoms with Gasteiger partial charge in [-0.1, -0.05) is 6.92 Å². The summed E-state index contributed by atoms with van der Waals surface area (Å²) in [4.78, 5) is 0. The fraction of sp³-hybridized carbons (Fsp3) is 1.00. The van der Waals surface area contributed by atoms with Crippen LogP contribution in [0.1, 0.15) is 13.8 Å². The summed E-state index contributed by atoms with van der Waals surface area (Å²) in [7, 11) is 0. The van der Waals surface area contributed by atoms with E-state index in [0.717, 1.165) is 6.54 Å². The average Bonchev–Trinajstić information content (AvgIpc) is 1.91. The smallest absolute Gasteiger partial charge is 0.0723 e. The van der Waals surface area contributed by atoms with Gasteiger partial charge < -0.3 is 0 Å². The second kappa shape index (κ2) is 1.60. The van der Waals surface area contributed by atoms with Gasteiger partial charge in [-0.25, -0.2) is 0 Å². The van der Waals surface area contributed by atoms with E-state index in [1.807, 2.05) is 0 Å². The van der Waals surface area contributed by atoms with Gasteiger partial charge in [-0.15, -0.1) is 0 Å². The first kappa shape index (κ1) is 4.75. The van der Waals surface area contributed by atoms with Crippen LogP contribution in [0.3, 0.4) is 0 Å². The van der Waals surface area contributed by atoms with Crippen molar-refractivity contribution in [3.63, 3.8) is 0 Å². The lowest BCUT2D eigenvalue weighted by Gasteiger charge is -2.00. The number of rotatable bonds is 0. The van der Waals surface area contributed by atoms with Gasteiger partial charge in [-0.2, -0.15) is 10.2 Å². The molecule has 0 spiro atoms. The molecule has 2 nitrogen and oxygen atoms in total. The Morgan fingerprint density at radius 2 is 2.14 bits per heavy atom. The van der Waals surface area contributed by atoms with Crippen LogP contribution in [-0.2, 0) is 0 Å². The van der Waals surface area contributed by atoms with Crippen molar-refractivity contribution in [2.45, 2.75) is 19.9 Å². The fourth-order valence-electron chi connectivity index (χ4n) is 0.571. The Kier molecular flexibility index (Phi) is 1.09. The number of hydrogen-bond donors (Lipinski definition) is 0. The van der Waals surface area contributed by atoms with E-state index in [2.05, 4.69) is 24.1 Å². The molecule has 0 aromatic rings. The lowest BCUT2D eigenvalue weighted by molar-refractivity contribution is 0.560. The van der Waals surface area contributed by atoms with E-state index in [0.29, 0.717) is 12.0 Å². The molecular formula is C5H10N2. The third-order valence-electron chi connectivity index (χ3n) is 1.46. The van der Waals surface area contributed by atoms with E-state index in [9.17, 15) is 0 Å². The van der Waals surface area contributed by atoms with E-state index in [1.165, 1.54) is 0 Å². The first-order chi connectivity index (χ1) is 3.30. The van der Waals surface area contributed by atoms with Gasteiger partial charge in [0, 0.05) is 5.92 Å². The third-order valence-corrected chi connectivity index (χ3v) is 1.46. The van der Waals surface area contributed by atoms with Gasteiger partial charge >= 0.3 is 0 Å². The molecule has 7 heavy (non-hydrogen) atoms. The quantitative estimate of drug-likeness (QED) is 0.438. The van der Waals surface area contributed by atoms with Crippen LogP contribution in [0.2, 0.25) is 0 Å². The van der Waals surface area contributed by atoms with Crippen LogP contribution < -0.4 is 0 Å². The van der Waals surface area contributed by atoms with Crippen molar-refractivity contribution in [2.24, 2.45) is 16.1 Å². The summed E-state index contributed by atoms with van der Waals surface area (Å²) in [5.74, 6) is 0.681. The van der Waals surface area contributed by atoms with Crippen LogP contribution in [0.5, 0.6) is 0 Å². The number of azo groups is 1. The molecule has 2 atom stereocenters. The molecule has 0 saturated heterocycles. The summed E-state index contributed by atoms with van der Waals surface area (Å²) in [6.07, 6.45) is 0. The predicted molar refractivity (Wildman–Crippen MR) is 28.3 cm³/mol. The first-order valence-corrected chi connectivity index (χ1v) is 2.67. The molecule has 0 aromatic heterocycles. The molecule has 0 aromatic carbocycles. The Labute approximate surface area is 43.6 Å². The number of nitrogens with zero attached hydrogens (tertiary/aromatic N) is 2. The summed E-state index contributed by atoms with van der Waals surface area (Å²) in [6.45, 7) is 5.20. The Morgan fingerprint density at radius 1 is 1.43 bits per heavy atom.